The number of hydrogen-bond donors (Lipinski definition) is 2. The molecule has 1 aliphatic rings. The Kier molecular flexibility index (Phi) is 4.33. The molecule has 18 heavy (non-hydrogen) atoms. The van der Waals surface area contributed by atoms with Crippen LogP contribution in [0.1, 0.15) is 24.6 Å². The van der Waals surface area contributed by atoms with Crippen LogP contribution in [0, 0.1) is 0 Å². The third kappa shape index (κ3) is 3.30. The Labute approximate surface area is 107 Å². The van der Waals surface area contributed by atoms with Crippen molar-refractivity contribution in [2.75, 3.05) is 44.0 Å². The Hall–Kier alpha value is -1.40. The molecule has 1 aromatic rings. The second-order valence-corrected chi connectivity index (χ2v) is 4.49. The van der Waals surface area contributed by atoms with Crippen LogP contribution in [-0.4, -0.2) is 48.5 Å². The third-order valence-electron chi connectivity index (χ3n) is 2.95. The molecule has 1 aromatic heterocycles. The van der Waals surface area contributed by atoms with Crippen LogP contribution < -0.4 is 10.6 Å². The molecule has 6 nitrogen and oxygen atoms in total. The number of hydrogen-bond acceptors (Lipinski definition) is 6. The van der Waals surface area contributed by atoms with Crippen molar-refractivity contribution < 1.29 is 9.84 Å². The standard InChI is InChI=1S/C12H20N4O2/c1-18-7-5-16(4-6-17)11-8-10(13)14-12(15-11)9-2-3-9/h8-9,17H,2-7H2,1H3,(H2,13,14,15). The van der Waals surface area contributed by atoms with Crippen LogP contribution in [0.2, 0.25) is 0 Å². The fourth-order valence-electron chi connectivity index (χ4n) is 1.82. The lowest BCUT2D eigenvalue weighted by Gasteiger charge is -2.23. The Morgan fingerprint density at radius 2 is 2.22 bits per heavy atom. The first-order valence-electron chi connectivity index (χ1n) is 6.23. The molecular formula is C12H20N4O2. The van der Waals surface area contributed by atoms with E-state index < -0.39 is 0 Å². The number of nitrogens with zero attached hydrogens (tertiary/aromatic N) is 3. The van der Waals surface area contributed by atoms with Crippen molar-refractivity contribution >= 4 is 11.6 Å². The van der Waals surface area contributed by atoms with Gasteiger partial charge in [0.1, 0.15) is 17.5 Å². The topological polar surface area (TPSA) is 84.5 Å². The molecule has 2 rings (SSSR count). The molecule has 6 heteroatoms. The predicted octanol–water partition coefficient (Wildman–Crippen LogP) is 0.381. The number of nitrogen functional groups attached to an aromatic ring is 1. The van der Waals surface area contributed by atoms with Crippen molar-refractivity contribution in [3.8, 4) is 0 Å². The lowest BCUT2D eigenvalue weighted by molar-refractivity contribution is 0.202. The van der Waals surface area contributed by atoms with Gasteiger partial charge in [0.2, 0.25) is 0 Å². The molecule has 0 atom stereocenters. The van der Waals surface area contributed by atoms with Gasteiger partial charge in [-0.25, -0.2) is 9.97 Å². The van der Waals surface area contributed by atoms with Gasteiger partial charge < -0.3 is 20.5 Å². The zero-order valence-electron chi connectivity index (χ0n) is 10.7. The fourth-order valence-corrected chi connectivity index (χ4v) is 1.82. The highest BCUT2D eigenvalue weighted by molar-refractivity contribution is 5.47. The van der Waals surface area contributed by atoms with Crippen molar-refractivity contribution in [1.82, 2.24) is 9.97 Å². The van der Waals surface area contributed by atoms with Gasteiger partial charge in [-0.3, -0.25) is 0 Å². The number of aliphatic hydroxyl groups excluding tert-OH is 1. The molecule has 0 unspecified atom stereocenters. The molecule has 0 bridgehead atoms. The van der Waals surface area contributed by atoms with Crippen LogP contribution in [0.25, 0.3) is 0 Å². The summed E-state index contributed by atoms with van der Waals surface area (Å²) >= 11 is 0. The van der Waals surface area contributed by atoms with Crippen molar-refractivity contribution in [2.24, 2.45) is 0 Å². The number of rotatable bonds is 7. The van der Waals surface area contributed by atoms with Gasteiger partial charge in [-0.2, -0.15) is 0 Å². The molecule has 0 aliphatic heterocycles. The van der Waals surface area contributed by atoms with Crippen molar-refractivity contribution in [1.29, 1.82) is 0 Å². The number of aliphatic hydroxyl groups is 1. The average molecular weight is 252 g/mol. The van der Waals surface area contributed by atoms with E-state index in [1.54, 1.807) is 13.2 Å². The first-order chi connectivity index (χ1) is 8.74. The fraction of sp³-hybridized carbons (Fsp3) is 0.667. The van der Waals surface area contributed by atoms with Crippen LogP contribution >= 0.6 is 0 Å². The molecule has 1 saturated carbocycles. The largest absolute Gasteiger partial charge is 0.395 e. The molecule has 0 spiro atoms. The second-order valence-electron chi connectivity index (χ2n) is 4.49. The zero-order valence-corrected chi connectivity index (χ0v) is 10.7. The van der Waals surface area contributed by atoms with Gasteiger partial charge in [-0.05, 0) is 12.8 Å². The maximum Gasteiger partial charge on any atom is 0.136 e. The Morgan fingerprint density at radius 3 is 2.83 bits per heavy atom. The highest BCUT2D eigenvalue weighted by Crippen LogP contribution is 2.38. The number of nitrogens with two attached hydrogens (primary N) is 1. The summed E-state index contributed by atoms with van der Waals surface area (Å²) in [6.45, 7) is 1.86. The van der Waals surface area contributed by atoms with Crippen LogP contribution in [0.3, 0.4) is 0 Å². The summed E-state index contributed by atoms with van der Waals surface area (Å²) in [6.07, 6.45) is 2.28. The van der Waals surface area contributed by atoms with Gasteiger partial charge >= 0.3 is 0 Å². The van der Waals surface area contributed by atoms with Gasteiger partial charge in [0.15, 0.2) is 0 Å². The highest BCUT2D eigenvalue weighted by Gasteiger charge is 2.27. The average Bonchev–Trinajstić information content (AvgIpc) is 3.17. The zero-order chi connectivity index (χ0) is 13.0. The summed E-state index contributed by atoms with van der Waals surface area (Å²) in [5.41, 5.74) is 5.82. The quantitative estimate of drug-likeness (QED) is 0.730. The monoisotopic (exact) mass is 252 g/mol. The molecule has 0 aromatic carbocycles. The third-order valence-corrected chi connectivity index (χ3v) is 2.95. The number of anilines is 2. The first-order valence-corrected chi connectivity index (χ1v) is 6.23. The summed E-state index contributed by atoms with van der Waals surface area (Å²) < 4.78 is 5.06. The van der Waals surface area contributed by atoms with Crippen LogP contribution in [-0.2, 0) is 4.74 Å². The van der Waals surface area contributed by atoms with E-state index in [-0.39, 0.29) is 6.61 Å². The Bertz CT molecular complexity index is 396. The summed E-state index contributed by atoms with van der Waals surface area (Å²) in [6, 6.07) is 1.75. The predicted molar refractivity (Wildman–Crippen MR) is 69.6 cm³/mol. The van der Waals surface area contributed by atoms with E-state index in [0.717, 1.165) is 24.5 Å². The molecule has 1 aliphatic carbocycles. The molecule has 100 valence electrons. The SMILES string of the molecule is COCCN(CCO)c1cc(N)nc(C2CC2)n1. The first kappa shape index (κ1) is 13.0. The summed E-state index contributed by atoms with van der Waals surface area (Å²) in [5.74, 6) is 2.55. The van der Waals surface area contributed by atoms with E-state index in [2.05, 4.69) is 9.97 Å². The molecule has 1 fully saturated rings. The number of ether oxygens (including phenoxy) is 1. The molecule has 3 N–H and O–H groups in total. The molecule has 0 saturated heterocycles. The van der Waals surface area contributed by atoms with Crippen molar-refractivity contribution in [3.63, 3.8) is 0 Å². The lowest BCUT2D eigenvalue weighted by Crippen LogP contribution is -2.31. The molecule has 0 radical (unpaired) electrons. The van der Waals surface area contributed by atoms with Gasteiger partial charge in [0, 0.05) is 32.2 Å². The Morgan fingerprint density at radius 1 is 1.44 bits per heavy atom. The van der Waals surface area contributed by atoms with E-state index in [9.17, 15) is 0 Å². The van der Waals surface area contributed by atoms with Crippen LogP contribution in [0.4, 0.5) is 11.6 Å². The van der Waals surface area contributed by atoms with Crippen LogP contribution in [0.5, 0.6) is 0 Å². The van der Waals surface area contributed by atoms with E-state index >= 15 is 0 Å². The second kappa shape index (κ2) is 5.97. The van der Waals surface area contributed by atoms with Gasteiger partial charge in [0.25, 0.3) is 0 Å². The normalized spacial score (nSPS) is 14.8. The molecular weight excluding hydrogens is 232 g/mol. The van der Waals surface area contributed by atoms with E-state index in [4.69, 9.17) is 15.6 Å². The molecule has 0 amide bonds. The van der Waals surface area contributed by atoms with Crippen molar-refractivity contribution in [2.45, 2.75) is 18.8 Å². The van der Waals surface area contributed by atoms with Gasteiger partial charge in [-0.1, -0.05) is 0 Å². The maximum absolute atomic E-state index is 9.10. The van der Waals surface area contributed by atoms with Gasteiger partial charge in [0.05, 0.1) is 13.2 Å². The number of aromatic nitrogens is 2. The minimum absolute atomic E-state index is 0.0758. The maximum atomic E-state index is 9.10. The summed E-state index contributed by atoms with van der Waals surface area (Å²) in [7, 11) is 1.65. The minimum atomic E-state index is 0.0758. The molecule has 1 heterocycles. The van der Waals surface area contributed by atoms with Crippen LogP contribution in [0.15, 0.2) is 6.07 Å². The van der Waals surface area contributed by atoms with E-state index in [1.807, 2.05) is 4.90 Å². The highest BCUT2D eigenvalue weighted by atomic mass is 16.5. The Balaban J connectivity index is 2.16. The van der Waals surface area contributed by atoms with Crippen molar-refractivity contribution in [3.05, 3.63) is 11.9 Å². The lowest BCUT2D eigenvalue weighted by atomic mass is 10.3. The van der Waals surface area contributed by atoms with Gasteiger partial charge in [-0.15, -0.1) is 0 Å². The summed E-state index contributed by atoms with van der Waals surface area (Å²) in [5, 5.41) is 9.10. The summed E-state index contributed by atoms with van der Waals surface area (Å²) in [4.78, 5) is 10.8. The van der Waals surface area contributed by atoms with E-state index in [0.29, 0.717) is 31.4 Å². The number of methoxy groups -OCH3 is 1. The van der Waals surface area contributed by atoms with E-state index in [1.165, 1.54) is 0 Å². The minimum Gasteiger partial charge on any atom is -0.395 e. The smallest absolute Gasteiger partial charge is 0.136 e.